The van der Waals surface area contributed by atoms with E-state index in [0.29, 0.717) is 6.54 Å². The number of carbonyl (C=O) groups is 3. The summed E-state index contributed by atoms with van der Waals surface area (Å²) >= 11 is 0. The molecule has 3 fully saturated rings. The topological polar surface area (TPSA) is 69.7 Å². The molecule has 0 unspecified atom stereocenters. The Labute approximate surface area is 143 Å². The van der Waals surface area contributed by atoms with Crippen molar-refractivity contribution in [1.82, 2.24) is 15.1 Å². The molecular formula is C18H29N3O3. The van der Waals surface area contributed by atoms with E-state index in [1.54, 1.807) is 6.92 Å². The molecule has 6 heteroatoms. The third-order valence-electron chi connectivity index (χ3n) is 5.43. The predicted molar refractivity (Wildman–Crippen MR) is 90.1 cm³/mol. The van der Waals surface area contributed by atoms with Crippen LogP contribution >= 0.6 is 0 Å². The van der Waals surface area contributed by atoms with Crippen molar-refractivity contribution in [2.75, 3.05) is 26.2 Å². The van der Waals surface area contributed by atoms with E-state index >= 15 is 0 Å². The number of hydrogen-bond donors (Lipinski definition) is 1. The van der Waals surface area contributed by atoms with Crippen molar-refractivity contribution in [3.05, 3.63) is 0 Å². The fraction of sp³-hybridized carbons (Fsp3) is 0.833. The maximum Gasteiger partial charge on any atom is 0.244 e. The average Bonchev–Trinajstić information content (AvgIpc) is 3.46. The van der Waals surface area contributed by atoms with E-state index in [1.807, 2.05) is 9.80 Å². The van der Waals surface area contributed by atoms with E-state index in [2.05, 4.69) is 5.32 Å². The predicted octanol–water partition coefficient (Wildman–Crippen LogP) is 1.15. The largest absolute Gasteiger partial charge is 0.344 e. The lowest BCUT2D eigenvalue weighted by Crippen LogP contribution is -2.52. The van der Waals surface area contributed by atoms with Crippen LogP contribution in [-0.4, -0.2) is 59.7 Å². The van der Waals surface area contributed by atoms with Crippen molar-refractivity contribution in [3.63, 3.8) is 0 Å². The van der Waals surface area contributed by atoms with Crippen LogP contribution in [0.25, 0.3) is 0 Å². The molecule has 134 valence electrons. The van der Waals surface area contributed by atoms with Crippen molar-refractivity contribution < 1.29 is 14.4 Å². The molecule has 24 heavy (non-hydrogen) atoms. The van der Waals surface area contributed by atoms with Gasteiger partial charge in [-0.3, -0.25) is 14.4 Å². The number of nitrogens with one attached hydrogen (secondary N) is 1. The molecule has 0 radical (unpaired) electrons. The minimum atomic E-state index is -0.481. The van der Waals surface area contributed by atoms with Crippen molar-refractivity contribution in [2.45, 2.75) is 57.9 Å². The quantitative estimate of drug-likeness (QED) is 0.838. The molecule has 2 saturated heterocycles. The maximum atomic E-state index is 12.5. The molecule has 1 N–H and O–H groups in total. The lowest BCUT2D eigenvalue weighted by molar-refractivity contribution is -0.140. The molecule has 0 aromatic heterocycles. The number of rotatable bonds is 4. The van der Waals surface area contributed by atoms with Crippen LogP contribution in [0.2, 0.25) is 0 Å². The van der Waals surface area contributed by atoms with Gasteiger partial charge in [-0.25, -0.2) is 0 Å². The zero-order valence-corrected chi connectivity index (χ0v) is 14.6. The average molecular weight is 335 g/mol. The van der Waals surface area contributed by atoms with E-state index < -0.39 is 6.04 Å². The summed E-state index contributed by atoms with van der Waals surface area (Å²) in [6.07, 6.45) is 6.93. The Morgan fingerprint density at radius 1 is 0.875 bits per heavy atom. The third kappa shape index (κ3) is 4.08. The minimum Gasteiger partial charge on any atom is -0.344 e. The highest BCUT2D eigenvalue weighted by atomic mass is 16.2. The molecule has 3 amide bonds. The molecule has 2 aliphatic heterocycles. The smallest absolute Gasteiger partial charge is 0.244 e. The van der Waals surface area contributed by atoms with Gasteiger partial charge in [0.2, 0.25) is 17.7 Å². The number of likely N-dealkylation sites (tertiary alicyclic amines) is 2. The van der Waals surface area contributed by atoms with Crippen LogP contribution in [0.3, 0.4) is 0 Å². The van der Waals surface area contributed by atoms with Crippen LogP contribution < -0.4 is 5.32 Å². The SMILES string of the molecule is C[C@H](NC(=O)[C@@H]1CCCN(C(=O)C2CC2)C1)C(=O)N1CCCCC1. The highest BCUT2D eigenvalue weighted by Gasteiger charge is 2.37. The second kappa shape index (κ2) is 7.53. The molecule has 2 atom stereocenters. The second-order valence-corrected chi connectivity index (χ2v) is 7.51. The van der Waals surface area contributed by atoms with Crippen molar-refractivity contribution in [2.24, 2.45) is 11.8 Å². The monoisotopic (exact) mass is 335 g/mol. The van der Waals surface area contributed by atoms with Gasteiger partial charge in [-0.2, -0.15) is 0 Å². The summed E-state index contributed by atoms with van der Waals surface area (Å²) < 4.78 is 0. The van der Waals surface area contributed by atoms with E-state index in [4.69, 9.17) is 0 Å². The molecule has 1 aliphatic carbocycles. The molecule has 6 nitrogen and oxygen atoms in total. The summed E-state index contributed by atoms with van der Waals surface area (Å²) in [7, 11) is 0. The molecule has 1 saturated carbocycles. The fourth-order valence-corrected chi connectivity index (χ4v) is 3.76. The maximum absolute atomic E-state index is 12.5. The van der Waals surface area contributed by atoms with Crippen LogP contribution in [0.4, 0.5) is 0 Å². The van der Waals surface area contributed by atoms with Crippen molar-refractivity contribution >= 4 is 17.7 Å². The standard InChI is InChI=1S/C18H29N3O3/c1-13(17(23)20-9-3-2-4-10-20)19-16(22)15-6-5-11-21(12-15)18(24)14-7-8-14/h13-15H,2-12H2,1H3,(H,19,22)/t13-,15+/m0/s1. The summed E-state index contributed by atoms with van der Waals surface area (Å²) in [4.78, 5) is 40.9. The number of hydrogen-bond acceptors (Lipinski definition) is 3. The van der Waals surface area contributed by atoms with E-state index in [1.165, 1.54) is 6.42 Å². The molecule has 3 aliphatic rings. The van der Waals surface area contributed by atoms with E-state index in [-0.39, 0.29) is 29.6 Å². The van der Waals surface area contributed by atoms with Gasteiger partial charge in [-0.15, -0.1) is 0 Å². The van der Waals surface area contributed by atoms with Gasteiger partial charge < -0.3 is 15.1 Å². The van der Waals surface area contributed by atoms with E-state index in [0.717, 1.165) is 58.2 Å². The number of amides is 3. The van der Waals surface area contributed by atoms with Crippen LogP contribution in [0.15, 0.2) is 0 Å². The first kappa shape index (κ1) is 17.2. The Balaban J connectivity index is 1.49. The molecule has 0 bridgehead atoms. The van der Waals surface area contributed by atoms with Gasteiger partial charge in [-0.1, -0.05) is 0 Å². The Hall–Kier alpha value is -1.59. The number of nitrogens with zero attached hydrogens (tertiary/aromatic N) is 2. The molecular weight excluding hydrogens is 306 g/mol. The van der Waals surface area contributed by atoms with Gasteiger partial charge >= 0.3 is 0 Å². The van der Waals surface area contributed by atoms with Crippen molar-refractivity contribution in [3.8, 4) is 0 Å². The molecule has 2 heterocycles. The normalized spacial score (nSPS) is 26.0. The molecule has 0 aromatic carbocycles. The van der Waals surface area contributed by atoms with Crippen LogP contribution in [0.5, 0.6) is 0 Å². The van der Waals surface area contributed by atoms with Gasteiger partial charge in [0.25, 0.3) is 0 Å². The van der Waals surface area contributed by atoms with E-state index in [9.17, 15) is 14.4 Å². The highest BCUT2D eigenvalue weighted by molar-refractivity contribution is 5.89. The zero-order chi connectivity index (χ0) is 17.1. The van der Waals surface area contributed by atoms with Gasteiger partial charge in [-0.05, 0) is 51.9 Å². The summed E-state index contributed by atoms with van der Waals surface area (Å²) in [5.41, 5.74) is 0. The van der Waals surface area contributed by atoms with Crippen LogP contribution in [0.1, 0.15) is 51.9 Å². The minimum absolute atomic E-state index is 0.0183. The van der Waals surface area contributed by atoms with Crippen LogP contribution in [-0.2, 0) is 14.4 Å². The molecule has 3 rings (SSSR count). The zero-order valence-electron chi connectivity index (χ0n) is 14.6. The Bertz CT molecular complexity index is 498. The number of carbonyl (C=O) groups excluding carboxylic acids is 3. The third-order valence-corrected chi connectivity index (χ3v) is 5.43. The molecule has 0 spiro atoms. The molecule has 0 aromatic rings. The van der Waals surface area contributed by atoms with Crippen LogP contribution in [0, 0.1) is 11.8 Å². The summed E-state index contributed by atoms with van der Waals surface area (Å²) in [6, 6.07) is -0.481. The summed E-state index contributed by atoms with van der Waals surface area (Å²) in [5.74, 6) is 0.167. The first-order chi connectivity index (χ1) is 11.6. The fourth-order valence-electron chi connectivity index (χ4n) is 3.76. The van der Waals surface area contributed by atoms with Gasteiger partial charge in [0.15, 0.2) is 0 Å². The van der Waals surface area contributed by atoms with Gasteiger partial charge in [0.1, 0.15) is 6.04 Å². The number of piperidine rings is 2. The Morgan fingerprint density at radius 3 is 2.21 bits per heavy atom. The van der Waals surface area contributed by atoms with Crippen molar-refractivity contribution in [1.29, 1.82) is 0 Å². The lowest BCUT2D eigenvalue weighted by Gasteiger charge is -2.33. The summed E-state index contributed by atoms with van der Waals surface area (Å²) in [5, 5.41) is 2.88. The first-order valence-corrected chi connectivity index (χ1v) is 9.44. The lowest BCUT2D eigenvalue weighted by atomic mass is 9.96. The summed E-state index contributed by atoms with van der Waals surface area (Å²) in [6.45, 7) is 4.64. The highest BCUT2D eigenvalue weighted by Crippen LogP contribution is 2.32. The Kier molecular flexibility index (Phi) is 5.41. The second-order valence-electron chi connectivity index (χ2n) is 7.51. The first-order valence-electron chi connectivity index (χ1n) is 9.44. The van der Waals surface area contributed by atoms with Gasteiger partial charge in [0, 0.05) is 32.1 Å². The Morgan fingerprint density at radius 2 is 1.54 bits per heavy atom. The van der Waals surface area contributed by atoms with Gasteiger partial charge in [0.05, 0.1) is 5.92 Å².